The molecule has 15 heavy (non-hydrogen) atoms. The third-order valence-electron chi connectivity index (χ3n) is 3.03. The number of aliphatic carboxylic acids is 1. The van der Waals surface area contributed by atoms with E-state index in [-0.39, 0.29) is 6.54 Å². The number of rotatable bonds is 3. The zero-order chi connectivity index (χ0) is 10.7. The van der Waals surface area contributed by atoms with Crippen LogP contribution < -0.4 is 0 Å². The van der Waals surface area contributed by atoms with Crippen molar-refractivity contribution in [3.8, 4) is 0 Å². The molecule has 4 nitrogen and oxygen atoms in total. The predicted molar refractivity (Wildman–Crippen MR) is 55.7 cm³/mol. The van der Waals surface area contributed by atoms with Crippen LogP contribution in [-0.2, 0) is 11.3 Å². The van der Waals surface area contributed by atoms with Crippen molar-refractivity contribution in [2.45, 2.75) is 44.6 Å². The summed E-state index contributed by atoms with van der Waals surface area (Å²) in [5, 5.41) is 12.7. The normalized spacial score (nSPS) is 17.9. The zero-order valence-corrected chi connectivity index (χ0v) is 8.72. The number of hydrogen-bond donors (Lipinski definition) is 1. The molecule has 0 bridgehead atoms. The summed E-state index contributed by atoms with van der Waals surface area (Å²) in [6.07, 6.45) is 10.0. The van der Waals surface area contributed by atoms with Gasteiger partial charge in [-0.15, -0.1) is 0 Å². The molecule has 4 heteroatoms. The lowest BCUT2D eigenvalue weighted by atomic mass is 9.86. The fourth-order valence-electron chi connectivity index (χ4n) is 2.25. The van der Waals surface area contributed by atoms with E-state index in [1.807, 2.05) is 12.4 Å². The van der Waals surface area contributed by atoms with Crippen molar-refractivity contribution in [1.29, 1.82) is 0 Å². The van der Waals surface area contributed by atoms with Gasteiger partial charge in [0.1, 0.15) is 6.54 Å². The number of nitrogens with zero attached hydrogens (tertiary/aromatic N) is 2. The first-order valence-electron chi connectivity index (χ1n) is 5.50. The summed E-state index contributed by atoms with van der Waals surface area (Å²) in [5.41, 5.74) is 1.20. The quantitative estimate of drug-likeness (QED) is 0.826. The van der Waals surface area contributed by atoms with Crippen molar-refractivity contribution in [2.24, 2.45) is 0 Å². The van der Waals surface area contributed by atoms with Crippen LogP contribution >= 0.6 is 0 Å². The Bertz CT molecular complexity index is 340. The fraction of sp³-hybridized carbons (Fsp3) is 0.636. The van der Waals surface area contributed by atoms with E-state index in [9.17, 15) is 4.79 Å². The lowest BCUT2D eigenvalue weighted by molar-refractivity contribution is -0.137. The third-order valence-corrected chi connectivity index (χ3v) is 3.03. The molecule has 2 rings (SSSR count). The fourth-order valence-corrected chi connectivity index (χ4v) is 2.25. The molecule has 0 aliphatic heterocycles. The molecule has 0 spiro atoms. The van der Waals surface area contributed by atoms with Gasteiger partial charge in [-0.1, -0.05) is 19.3 Å². The maximum atomic E-state index is 10.5. The Morgan fingerprint density at radius 2 is 2.20 bits per heavy atom. The third kappa shape index (κ3) is 2.58. The minimum absolute atomic E-state index is 0.0350. The minimum atomic E-state index is -0.840. The second-order valence-electron chi connectivity index (χ2n) is 4.20. The first-order chi connectivity index (χ1) is 7.25. The van der Waals surface area contributed by atoms with Crippen LogP contribution in [0.1, 0.15) is 43.6 Å². The van der Waals surface area contributed by atoms with Crippen LogP contribution in [0.2, 0.25) is 0 Å². The van der Waals surface area contributed by atoms with E-state index in [2.05, 4.69) is 5.10 Å². The summed E-state index contributed by atoms with van der Waals surface area (Å²) >= 11 is 0. The van der Waals surface area contributed by atoms with Crippen molar-refractivity contribution in [3.05, 3.63) is 18.0 Å². The largest absolute Gasteiger partial charge is 0.480 e. The summed E-state index contributed by atoms with van der Waals surface area (Å²) in [6, 6.07) is 0. The van der Waals surface area contributed by atoms with Gasteiger partial charge in [-0.2, -0.15) is 5.10 Å². The Hall–Kier alpha value is -1.32. The molecule has 1 aliphatic rings. The Kier molecular flexibility index (Phi) is 3.04. The highest BCUT2D eigenvalue weighted by Gasteiger charge is 2.17. The molecular formula is C11H16N2O2. The van der Waals surface area contributed by atoms with Gasteiger partial charge in [0, 0.05) is 6.20 Å². The van der Waals surface area contributed by atoms with Crippen molar-refractivity contribution < 1.29 is 9.90 Å². The molecule has 1 aromatic heterocycles. The average Bonchev–Trinajstić information content (AvgIpc) is 2.67. The molecule has 0 radical (unpaired) electrons. The van der Waals surface area contributed by atoms with E-state index < -0.39 is 5.97 Å². The van der Waals surface area contributed by atoms with Gasteiger partial charge in [0.2, 0.25) is 0 Å². The summed E-state index contributed by atoms with van der Waals surface area (Å²) in [6.45, 7) is -0.0350. The highest BCUT2D eigenvalue weighted by Crippen LogP contribution is 2.32. The Balaban J connectivity index is 2.02. The van der Waals surface area contributed by atoms with Crippen LogP contribution in [0.5, 0.6) is 0 Å². The topological polar surface area (TPSA) is 55.1 Å². The first kappa shape index (κ1) is 10.2. The Morgan fingerprint density at radius 3 is 2.87 bits per heavy atom. The van der Waals surface area contributed by atoms with Gasteiger partial charge in [-0.05, 0) is 24.3 Å². The van der Waals surface area contributed by atoms with Gasteiger partial charge in [0.25, 0.3) is 0 Å². The van der Waals surface area contributed by atoms with E-state index in [0.29, 0.717) is 5.92 Å². The molecule has 1 fully saturated rings. The van der Waals surface area contributed by atoms with E-state index >= 15 is 0 Å². The second-order valence-corrected chi connectivity index (χ2v) is 4.20. The lowest BCUT2D eigenvalue weighted by Crippen LogP contribution is -2.09. The number of hydrogen-bond acceptors (Lipinski definition) is 2. The standard InChI is InChI=1S/C11H16N2O2/c14-11(15)8-13-7-10(6-12-13)9-4-2-1-3-5-9/h6-7,9H,1-5,8H2,(H,14,15). The molecule has 82 valence electrons. The average molecular weight is 208 g/mol. The van der Waals surface area contributed by atoms with Crippen molar-refractivity contribution >= 4 is 5.97 Å². The van der Waals surface area contributed by atoms with E-state index in [0.717, 1.165) is 0 Å². The molecule has 0 unspecified atom stereocenters. The number of aromatic nitrogens is 2. The summed E-state index contributed by atoms with van der Waals surface area (Å²) < 4.78 is 1.51. The molecule has 1 heterocycles. The Morgan fingerprint density at radius 1 is 1.47 bits per heavy atom. The summed E-state index contributed by atoms with van der Waals surface area (Å²) in [4.78, 5) is 10.5. The second kappa shape index (κ2) is 4.47. The van der Waals surface area contributed by atoms with Crippen molar-refractivity contribution in [3.63, 3.8) is 0 Å². The number of carbonyl (C=O) groups is 1. The molecule has 1 N–H and O–H groups in total. The Labute approximate surface area is 88.9 Å². The molecule has 1 saturated carbocycles. The number of carboxylic acid groups (broad SMARTS) is 1. The number of carboxylic acids is 1. The van der Waals surface area contributed by atoms with Gasteiger partial charge in [-0.25, -0.2) is 0 Å². The first-order valence-corrected chi connectivity index (χ1v) is 5.50. The SMILES string of the molecule is O=C(O)Cn1cc(C2CCCCC2)cn1. The zero-order valence-electron chi connectivity index (χ0n) is 8.72. The van der Waals surface area contributed by atoms with Gasteiger partial charge < -0.3 is 5.11 Å². The molecule has 0 aromatic carbocycles. The monoisotopic (exact) mass is 208 g/mol. The summed E-state index contributed by atoms with van der Waals surface area (Å²) in [5.74, 6) is -0.241. The highest BCUT2D eigenvalue weighted by atomic mass is 16.4. The van der Waals surface area contributed by atoms with Crippen LogP contribution in [0.15, 0.2) is 12.4 Å². The predicted octanol–water partition coefficient (Wildman–Crippen LogP) is 2.02. The van der Waals surface area contributed by atoms with Gasteiger partial charge >= 0.3 is 5.97 Å². The van der Waals surface area contributed by atoms with Crippen LogP contribution in [0, 0.1) is 0 Å². The van der Waals surface area contributed by atoms with Crippen LogP contribution in [0.3, 0.4) is 0 Å². The van der Waals surface area contributed by atoms with Crippen molar-refractivity contribution in [2.75, 3.05) is 0 Å². The minimum Gasteiger partial charge on any atom is -0.480 e. The van der Waals surface area contributed by atoms with Crippen LogP contribution in [0.25, 0.3) is 0 Å². The maximum Gasteiger partial charge on any atom is 0.325 e. The van der Waals surface area contributed by atoms with Gasteiger partial charge in [-0.3, -0.25) is 9.48 Å². The van der Waals surface area contributed by atoms with Crippen LogP contribution in [0.4, 0.5) is 0 Å². The summed E-state index contributed by atoms with van der Waals surface area (Å²) in [7, 11) is 0. The lowest BCUT2D eigenvalue weighted by Gasteiger charge is -2.19. The molecule has 0 atom stereocenters. The molecular weight excluding hydrogens is 192 g/mol. The maximum absolute atomic E-state index is 10.5. The van der Waals surface area contributed by atoms with Crippen molar-refractivity contribution in [1.82, 2.24) is 9.78 Å². The van der Waals surface area contributed by atoms with Gasteiger partial charge in [0.05, 0.1) is 6.20 Å². The van der Waals surface area contributed by atoms with E-state index in [4.69, 9.17) is 5.11 Å². The van der Waals surface area contributed by atoms with E-state index in [1.165, 1.54) is 42.3 Å². The molecule has 1 aliphatic carbocycles. The molecule has 0 amide bonds. The van der Waals surface area contributed by atoms with E-state index in [1.54, 1.807) is 0 Å². The smallest absolute Gasteiger partial charge is 0.325 e. The molecule has 0 saturated heterocycles. The van der Waals surface area contributed by atoms with Gasteiger partial charge in [0.15, 0.2) is 0 Å². The highest BCUT2D eigenvalue weighted by molar-refractivity contribution is 5.66. The molecule has 1 aromatic rings. The van der Waals surface area contributed by atoms with Crippen LogP contribution in [-0.4, -0.2) is 20.9 Å².